The molecule has 1 amide bonds. The van der Waals surface area contributed by atoms with Gasteiger partial charge in [0, 0.05) is 6.54 Å². The van der Waals surface area contributed by atoms with E-state index in [-0.39, 0.29) is 18.2 Å². The average molecular weight is 507 g/mol. The number of aromatic carboxylic acids is 1. The van der Waals surface area contributed by atoms with Crippen LogP contribution in [0.2, 0.25) is 0 Å². The zero-order chi connectivity index (χ0) is 26.2. The molecule has 3 aromatic rings. The van der Waals surface area contributed by atoms with Crippen LogP contribution >= 0.6 is 0 Å². The summed E-state index contributed by atoms with van der Waals surface area (Å²) in [5.41, 5.74) is 1.18. The van der Waals surface area contributed by atoms with Crippen LogP contribution in [-0.4, -0.2) is 60.4 Å². The second-order valence-corrected chi connectivity index (χ2v) is 8.56. The minimum Gasteiger partial charge on any atom is -0.497 e. The molecule has 1 N–H and O–H groups in total. The Morgan fingerprint density at radius 2 is 1.95 bits per heavy atom. The number of hydrogen-bond donors (Lipinski definition) is 1. The van der Waals surface area contributed by atoms with E-state index >= 15 is 0 Å². The third-order valence-electron chi connectivity index (χ3n) is 5.99. The maximum Gasteiger partial charge on any atom is 0.335 e. The van der Waals surface area contributed by atoms with Crippen LogP contribution < -0.4 is 24.0 Å². The number of carbonyl (C=O) groups excluding carboxylic acids is 1. The molecule has 0 radical (unpaired) electrons. The summed E-state index contributed by atoms with van der Waals surface area (Å²) in [6, 6.07) is 12.3. The Hall–Kier alpha value is -4.34. The minimum atomic E-state index is -1.07. The number of carboxylic acids is 1. The average Bonchev–Trinajstić information content (AvgIpc) is 2.93. The van der Waals surface area contributed by atoms with Crippen molar-refractivity contribution >= 4 is 24.0 Å². The quantitative estimate of drug-likeness (QED) is 0.388. The van der Waals surface area contributed by atoms with Crippen molar-refractivity contribution in [2.45, 2.75) is 32.4 Å². The molecule has 4 rings (SSSR count). The normalized spacial score (nSPS) is 15.1. The summed E-state index contributed by atoms with van der Waals surface area (Å²) < 4.78 is 17.1. The predicted octanol–water partition coefficient (Wildman–Crippen LogP) is 3.79. The van der Waals surface area contributed by atoms with Crippen LogP contribution in [0, 0.1) is 0 Å². The first kappa shape index (κ1) is 25.7. The lowest BCUT2D eigenvalue weighted by molar-refractivity contribution is -0.107. The van der Waals surface area contributed by atoms with Crippen molar-refractivity contribution in [3.8, 4) is 17.2 Å². The monoisotopic (exact) mass is 506 g/mol. The number of piperidine rings is 1. The zero-order valence-electron chi connectivity index (χ0n) is 20.9. The van der Waals surface area contributed by atoms with E-state index in [2.05, 4.69) is 14.9 Å². The molecule has 1 aliphatic heterocycles. The molecule has 1 fully saturated rings. The number of amides is 1. The number of nitrogens with zero attached hydrogens (tertiary/aromatic N) is 4. The van der Waals surface area contributed by atoms with E-state index in [0.29, 0.717) is 42.5 Å². The molecule has 1 aliphatic rings. The van der Waals surface area contributed by atoms with Crippen molar-refractivity contribution in [1.29, 1.82) is 0 Å². The Balaban J connectivity index is 1.44. The van der Waals surface area contributed by atoms with Crippen LogP contribution in [0.1, 0.15) is 35.7 Å². The van der Waals surface area contributed by atoms with Gasteiger partial charge < -0.3 is 29.1 Å². The molecule has 0 aliphatic carbocycles. The first-order valence-corrected chi connectivity index (χ1v) is 12.1. The molecular formula is C27H30N4O6. The van der Waals surface area contributed by atoms with Gasteiger partial charge in [0.25, 0.3) is 0 Å². The molecule has 2 aromatic carbocycles. The minimum absolute atomic E-state index is 0.0402. The number of ether oxygens (including phenoxy) is 3. The van der Waals surface area contributed by atoms with Crippen LogP contribution in [-0.2, 0) is 11.3 Å². The largest absolute Gasteiger partial charge is 0.497 e. The highest BCUT2D eigenvalue weighted by molar-refractivity contribution is 5.88. The Morgan fingerprint density at radius 3 is 2.62 bits per heavy atom. The van der Waals surface area contributed by atoms with E-state index in [0.717, 1.165) is 30.9 Å². The topological polar surface area (TPSA) is 114 Å². The van der Waals surface area contributed by atoms with E-state index in [4.69, 9.17) is 14.2 Å². The maximum absolute atomic E-state index is 11.8. The van der Waals surface area contributed by atoms with Gasteiger partial charge >= 0.3 is 5.97 Å². The van der Waals surface area contributed by atoms with Gasteiger partial charge in [0.2, 0.25) is 12.4 Å². The van der Waals surface area contributed by atoms with E-state index in [1.54, 1.807) is 18.5 Å². The van der Waals surface area contributed by atoms with Gasteiger partial charge in [-0.15, -0.1) is 0 Å². The number of para-hydroxylation sites is 2. The number of methoxy groups -OCH3 is 1. The number of anilines is 2. The molecule has 0 bridgehead atoms. The standard InChI is InChI=1S/C27H30N4O6/c1-3-36-24-8-4-5-9-25(24)37-22-7-6-10-30(17-22)27-28-14-21(15-29-27)31(18-32)16-19-11-20(26(33)34)13-23(12-19)35-2/h4-5,8-9,11-15,18,22H,3,6-7,10,16-17H2,1-2H3,(H,33,34). The highest BCUT2D eigenvalue weighted by atomic mass is 16.5. The first-order valence-electron chi connectivity index (χ1n) is 12.1. The Morgan fingerprint density at radius 1 is 1.19 bits per heavy atom. The molecule has 194 valence electrons. The summed E-state index contributed by atoms with van der Waals surface area (Å²) in [5, 5.41) is 9.35. The zero-order valence-corrected chi connectivity index (χ0v) is 20.9. The van der Waals surface area contributed by atoms with Gasteiger partial charge in [0.15, 0.2) is 11.5 Å². The van der Waals surface area contributed by atoms with Crippen LogP contribution in [0.5, 0.6) is 17.2 Å². The second-order valence-electron chi connectivity index (χ2n) is 8.56. The molecule has 1 saturated heterocycles. The van der Waals surface area contributed by atoms with Gasteiger partial charge in [-0.3, -0.25) is 4.79 Å². The molecule has 1 atom stereocenters. The van der Waals surface area contributed by atoms with E-state index in [1.807, 2.05) is 31.2 Å². The number of rotatable bonds is 11. The Kier molecular flexibility index (Phi) is 8.40. The van der Waals surface area contributed by atoms with Crippen molar-refractivity contribution in [1.82, 2.24) is 9.97 Å². The van der Waals surface area contributed by atoms with Crippen molar-refractivity contribution in [3.63, 3.8) is 0 Å². The SMILES string of the molecule is CCOc1ccccc1OC1CCCN(c2ncc(N(C=O)Cc3cc(OC)cc(C(=O)O)c3)cn2)C1. The molecule has 0 spiro atoms. The summed E-state index contributed by atoms with van der Waals surface area (Å²) in [5.74, 6) is 1.32. The van der Waals surface area contributed by atoms with Crippen LogP contribution in [0.4, 0.5) is 11.6 Å². The summed E-state index contributed by atoms with van der Waals surface area (Å²) in [6.07, 6.45) is 5.63. The molecule has 10 nitrogen and oxygen atoms in total. The third-order valence-corrected chi connectivity index (χ3v) is 5.99. The van der Waals surface area contributed by atoms with Gasteiger partial charge in [-0.05, 0) is 55.7 Å². The molecule has 2 heterocycles. The number of aromatic nitrogens is 2. The molecule has 10 heteroatoms. The lowest BCUT2D eigenvalue weighted by Gasteiger charge is -2.33. The lowest BCUT2D eigenvalue weighted by atomic mass is 10.1. The number of hydrogen-bond acceptors (Lipinski definition) is 8. The van der Waals surface area contributed by atoms with Crippen molar-refractivity contribution < 1.29 is 28.9 Å². The summed E-state index contributed by atoms with van der Waals surface area (Å²) in [7, 11) is 1.46. The van der Waals surface area contributed by atoms with Crippen LogP contribution in [0.3, 0.4) is 0 Å². The fourth-order valence-corrected chi connectivity index (χ4v) is 4.22. The third kappa shape index (κ3) is 6.46. The predicted molar refractivity (Wildman–Crippen MR) is 138 cm³/mol. The fraction of sp³-hybridized carbons (Fsp3) is 0.333. The summed E-state index contributed by atoms with van der Waals surface area (Å²) in [6.45, 7) is 4.07. The van der Waals surface area contributed by atoms with Crippen molar-refractivity contribution in [2.75, 3.05) is 36.6 Å². The van der Waals surface area contributed by atoms with Crippen LogP contribution in [0.15, 0.2) is 54.9 Å². The Labute approximate surface area is 215 Å². The summed E-state index contributed by atoms with van der Waals surface area (Å²) >= 11 is 0. The molecular weight excluding hydrogens is 476 g/mol. The highest BCUT2D eigenvalue weighted by Crippen LogP contribution is 2.30. The smallest absolute Gasteiger partial charge is 0.335 e. The van der Waals surface area contributed by atoms with Gasteiger partial charge in [-0.2, -0.15) is 0 Å². The van der Waals surface area contributed by atoms with Gasteiger partial charge in [0.1, 0.15) is 11.9 Å². The summed E-state index contributed by atoms with van der Waals surface area (Å²) in [4.78, 5) is 35.7. The molecule has 0 saturated carbocycles. The van der Waals surface area contributed by atoms with Crippen molar-refractivity contribution in [3.05, 3.63) is 66.0 Å². The molecule has 1 unspecified atom stereocenters. The Bertz CT molecular complexity index is 1220. The van der Waals surface area contributed by atoms with E-state index in [9.17, 15) is 14.7 Å². The second kappa shape index (κ2) is 12.1. The van der Waals surface area contributed by atoms with Crippen LogP contribution in [0.25, 0.3) is 0 Å². The fourth-order valence-electron chi connectivity index (χ4n) is 4.22. The number of carboxylic acid groups (broad SMARTS) is 1. The van der Waals surface area contributed by atoms with Gasteiger partial charge in [0.05, 0.1) is 50.5 Å². The van der Waals surface area contributed by atoms with Gasteiger partial charge in [-0.1, -0.05) is 12.1 Å². The molecule has 1 aromatic heterocycles. The van der Waals surface area contributed by atoms with E-state index < -0.39 is 5.97 Å². The number of carbonyl (C=O) groups is 2. The lowest BCUT2D eigenvalue weighted by Crippen LogP contribution is -2.42. The highest BCUT2D eigenvalue weighted by Gasteiger charge is 2.24. The maximum atomic E-state index is 11.8. The molecule has 37 heavy (non-hydrogen) atoms. The first-order chi connectivity index (χ1) is 18.0. The van der Waals surface area contributed by atoms with E-state index in [1.165, 1.54) is 24.1 Å². The van der Waals surface area contributed by atoms with Gasteiger partial charge in [-0.25, -0.2) is 14.8 Å². The number of benzene rings is 2. The van der Waals surface area contributed by atoms with Crippen molar-refractivity contribution in [2.24, 2.45) is 0 Å².